The molecule has 0 unspecified atom stereocenters. The second-order valence-corrected chi connectivity index (χ2v) is 13.1. The first-order valence-electron chi connectivity index (χ1n) is 17.1. The average molecular weight is 841 g/mol. The first kappa shape index (κ1) is 34.0. The van der Waals surface area contributed by atoms with E-state index in [4.69, 9.17) is 9.40 Å². The fourth-order valence-corrected chi connectivity index (χ4v) is 6.80. The van der Waals surface area contributed by atoms with Crippen LogP contribution in [0.2, 0.25) is 0 Å². The molecule has 9 aromatic rings. The summed E-state index contributed by atoms with van der Waals surface area (Å²) in [7, 11) is 0. The van der Waals surface area contributed by atoms with E-state index in [1.54, 1.807) is 6.20 Å². The molecule has 51 heavy (non-hydrogen) atoms. The van der Waals surface area contributed by atoms with Crippen molar-refractivity contribution < 1.29 is 24.5 Å². The van der Waals surface area contributed by atoms with E-state index in [1.165, 1.54) is 16.8 Å². The van der Waals surface area contributed by atoms with Gasteiger partial charge in [-0.2, -0.15) is 0 Å². The van der Waals surface area contributed by atoms with Crippen molar-refractivity contribution >= 4 is 43.7 Å². The second-order valence-electron chi connectivity index (χ2n) is 13.1. The topological polar surface area (TPSA) is 56.7 Å². The zero-order valence-electron chi connectivity index (χ0n) is 28.9. The summed E-state index contributed by atoms with van der Waals surface area (Å²) in [6, 6.07) is 45.7. The SMILES string of the molecule is CC(C)c1cccc(C(C)C)c1-n1c(-c2[c-]ccc3c2oc2c4ccncc4ccc32)nc2ccccc21.[Ir].[c-]1ccccc1-c1ccccn1. The molecule has 0 bridgehead atoms. The Kier molecular flexibility index (Phi) is 9.64. The Labute approximate surface area is 311 Å². The summed E-state index contributed by atoms with van der Waals surface area (Å²) in [5, 5.41) is 4.26. The maximum Gasteiger partial charge on any atom is 0.128 e. The first-order valence-corrected chi connectivity index (χ1v) is 17.1. The molecular formula is C45H36IrN4O-2. The second kappa shape index (κ2) is 14.4. The molecule has 6 heteroatoms. The number of benzene rings is 5. The van der Waals surface area contributed by atoms with Gasteiger partial charge in [0.15, 0.2) is 0 Å². The van der Waals surface area contributed by atoms with E-state index < -0.39 is 0 Å². The van der Waals surface area contributed by atoms with Crippen molar-refractivity contribution in [3.05, 3.63) is 157 Å². The molecule has 5 nitrogen and oxygen atoms in total. The smallest absolute Gasteiger partial charge is 0.128 e. The van der Waals surface area contributed by atoms with Crippen LogP contribution in [0, 0.1) is 12.1 Å². The van der Waals surface area contributed by atoms with E-state index in [-0.39, 0.29) is 20.1 Å². The third kappa shape index (κ3) is 6.27. The molecule has 0 aliphatic carbocycles. The molecule has 5 aromatic carbocycles. The van der Waals surface area contributed by atoms with E-state index >= 15 is 0 Å². The quantitative estimate of drug-likeness (QED) is 0.162. The molecular weight excluding hydrogens is 805 g/mol. The molecule has 253 valence electrons. The molecule has 0 N–H and O–H groups in total. The van der Waals surface area contributed by atoms with Gasteiger partial charge in [-0.3, -0.25) is 9.97 Å². The van der Waals surface area contributed by atoms with E-state index in [2.05, 4.69) is 109 Å². The first-order chi connectivity index (χ1) is 24.5. The van der Waals surface area contributed by atoms with Gasteiger partial charge in [0.2, 0.25) is 0 Å². The number of hydrogen-bond acceptors (Lipinski definition) is 4. The van der Waals surface area contributed by atoms with Crippen LogP contribution in [-0.2, 0) is 20.1 Å². The summed E-state index contributed by atoms with van der Waals surface area (Å²) in [6.45, 7) is 9.03. The zero-order chi connectivity index (χ0) is 34.2. The van der Waals surface area contributed by atoms with Gasteiger partial charge < -0.3 is 14.0 Å². The Hall–Kier alpha value is -5.42. The summed E-state index contributed by atoms with van der Waals surface area (Å²) in [6.07, 6.45) is 5.48. The van der Waals surface area contributed by atoms with Crippen molar-refractivity contribution in [2.45, 2.75) is 39.5 Å². The van der Waals surface area contributed by atoms with Crippen molar-refractivity contribution in [2.24, 2.45) is 0 Å². The fraction of sp³-hybridized carbons (Fsp3) is 0.133. The summed E-state index contributed by atoms with van der Waals surface area (Å²) >= 11 is 0. The van der Waals surface area contributed by atoms with E-state index in [0.29, 0.717) is 11.8 Å². The average Bonchev–Trinajstić information content (AvgIpc) is 3.74. The molecule has 9 rings (SSSR count). The summed E-state index contributed by atoms with van der Waals surface area (Å²) in [5.41, 5.74) is 10.4. The van der Waals surface area contributed by atoms with E-state index in [1.807, 2.05) is 73.1 Å². The molecule has 0 saturated heterocycles. The molecule has 0 fully saturated rings. The molecule has 0 aliphatic heterocycles. The summed E-state index contributed by atoms with van der Waals surface area (Å²) in [5.74, 6) is 1.55. The molecule has 0 saturated carbocycles. The predicted octanol–water partition coefficient (Wildman–Crippen LogP) is 11.7. The molecule has 4 aromatic heterocycles. The van der Waals surface area contributed by atoms with Crippen LogP contribution in [0.25, 0.3) is 72.1 Å². The van der Waals surface area contributed by atoms with Gasteiger partial charge in [-0.15, -0.1) is 54.1 Å². The standard InChI is InChI=1S/C34H28N3O.C11H8N.Ir/c1-20(2)23-9-7-10-24(21(3)4)31(23)37-30-14-6-5-13-29(30)36-34(37)28-12-8-11-26-27-16-15-22-19-35-18-17-25(22)32(27)38-33(26)28;1-2-6-10(7-3-1)11-8-4-5-9-12-11;/h5-11,13-21H,1-4H3;1-6,8-9H;/q2*-1;. The maximum absolute atomic E-state index is 6.68. The van der Waals surface area contributed by atoms with Crippen LogP contribution in [0.5, 0.6) is 0 Å². The molecule has 4 heterocycles. The summed E-state index contributed by atoms with van der Waals surface area (Å²) < 4.78 is 9.01. The van der Waals surface area contributed by atoms with Gasteiger partial charge in [0.05, 0.1) is 22.4 Å². The van der Waals surface area contributed by atoms with Gasteiger partial charge in [0.25, 0.3) is 0 Å². The normalized spacial score (nSPS) is 11.3. The van der Waals surface area contributed by atoms with Gasteiger partial charge >= 0.3 is 0 Å². The van der Waals surface area contributed by atoms with Crippen LogP contribution in [0.15, 0.2) is 138 Å². The van der Waals surface area contributed by atoms with Crippen LogP contribution in [0.3, 0.4) is 0 Å². The molecule has 0 atom stereocenters. The summed E-state index contributed by atoms with van der Waals surface area (Å²) in [4.78, 5) is 13.7. The largest absolute Gasteiger partial charge is 0.500 e. The minimum atomic E-state index is 0. The number of para-hydroxylation sites is 3. The third-order valence-corrected chi connectivity index (χ3v) is 9.21. The van der Waals surface area contributed by atoms with Crippen molar-refractivity contribution in [3.63, 3.8) is 0 Å². The van der Waals surface area contributed by atoms with Crippen molar-refractivity contribution in [2.75, 3.05) is 0 Å². The number of furan rings is 1. The minimum absolute atomic E-state index is 0. The number of pyridine rings is 2. The molecule has 0 spiro atoms. The maximum atomic E-state index is 6.68. The number of hydrogen-bond donors (Lipinski definition) is 0. The minimum Gasteiger partial charge on any atom is -0.500 e. The third-order valence-electron chi connectivity index (χ3n) is 9.21. The Morgan fingerprint density at radius 3 is 2.16 bits per heavy atom. The Balaban J connectivity index is 0.000000265. The van der Waals surface area contributed by atoms with Crippen LogP contribution >= 0.6 is 0 Å². The predicted molar refractivity (Wildman–Crippen MR) is 205 cm³/mol. The van der Waals surface area contributed by atoms with Gasteiger partial charge in [-0.05, 0) is 52.9 Å². The molecule has 0 aliphatic rings. The number of rotatable bonds is 5. The van der Waals surface area contributed by atoms with Crippen LogP contribution in [-0.4, -0.2) is 19.5 Å². The van der Waals surface area contributed by atoms with Crippen LogP contribution in [0.1, 0.15) is 50.7 Å². The monoisotopic (exact) mass is 841 g/mol. The number of fused-ring (bicyclic) bond motifs is 6. The van der Waals surface area contributed by atoms with Crippen LogP contribution < -0.4 is 0 Å². The zero-order valence-corrected chi connectivity index (χ0v) is 31.3. The van der Waals surface area contributed by atoms with Crippen LogP contribution in [0.4, 0.5) is 0 Å². The number of aromatic nitrogens is 4. The molecule has 0 amide bonds. The van der Waals surface area contributed by atoms with Crippen molar-refractivity contribution in [1.29, 1.82) is 0 Å². The molecule has 1 radical (unpaired) electrons. The van der Waals surface area contributed by atoms with Crippen molar-refractivity contribution in [1.82, 2.24) is 19.5 Å². The van der Waals surface area contributed by atoms with Gasteiger partial charge in [-0.25, -0.2) is 0 Å². The Bertz CT molecular complexity index is 2540. The fourth-order valence-electron chi connectivity index (χ4n) is 6.80. The Morgan fingerprint density at radius 2 is 1.41 bits per heavy atom. The van der Waals surface area contributed by atoms with Gasteiger partial charge in [-0.1, -0.05) is 93.2 Å². The van der Waals surface area contributed by atoms with Gasteiger partial charge in [0.1, 0.15) is 5.58 Å². The van der Waals surface area contributed by atoms with E-state index in [0.717, 1.165) is 66.4 Å². The number of imidazole rings is 1. The number of nitrogens with zero attached hydrogens (tertiary/aromatic N) is 4. The van der Waals surface area contributed by atoms with Gasteiger partial charge in [0, 0.05) is 60.5 Å². The van der Waals surface area contributed by atoms with E-state index in [9.17, 15) is 0 Å². The van der Waals surface area contributed by atoms with Crippen molar-refractivity contribution in [3.8, 4) is 28.3 Å². The Morgan fingerprint density at radius 1 is 0.647 bits per heavy atom.